The fourth-order valence-corrected chi connectivity index (χ4v) is 0.708. The summed E-state index contributed by atoms with van der Waals surface area (Å²) < 4.78 is 18.0. The second kappa shape index (κ2) is 3.85. The lowest BCUT2D eigenvalue weighted by atomic mass is 10.4. The van der Waals surface area contributed by atoms with Crippen molar-refractivity contribution < 1.29 is 9.13 Å². The van der Waals surface area contributed by atoms with Gasteiger partial charge < -0.3 is 4.74 Å². The summed E-state index contributed by atoms with van der Waals surface area (Å²) >= 11 is 0. The molecule has 0 N–H and O–H groups in total. The van der Waals surface area contributed by atoms with Crippen molar-refractivity contribution in [3.8, 4) is 5.75 Å². The Bertz CT molecular complexity index is 275. The largest absolute Gasteiger partial charge is 0.482 e. The lowest BCUT2D eigenvalue weighted by Gasteiger charge is -2.09. The molecule has 0 saturated carbocycles. The molecule has 12 heavy (non-hydrogen) atoms. The Balaban J connectivity index is 2.75. The fourth-order valence-electron chi connectivity index (χ4n) is 0.708. The molecular formula is C9H10FNO. The van der Waals surface area contributed by atoms with E-state index in [-0.39, 0.29) is 11.9 Å². The van der Waals surface area contributed by atoms with Crippen LogP contribution in [-0.4, -0.2) is 11.1 Å². The Morgan fingerprint density at radius 3 is 3.08 bits per heavy atom. The molecule has 1 aromatic rings. The molecule has 0 amide bonds. The third-order valence-corrected chi connectivity index (χ3v) is 1.37. The summed E-state index contributed by atoms with van der Waals surface area (Å²) in [6.45, 7) is 5.30. The van der Waals surface area contributed by atoms with Crippen molar-refractivity contribution in [3.63, 3.8) is 0 Å². The van der Waals surface area contributed by atoms with Crippen LogP contribution in [0, 0.1) is 5.95 Å². The monoisotopic (exact) mass is 167 g/mol. The second-order valence-corrected chi connectivity index (χ2v) is 2.35. The normalized spacial score (nSPS) is 12.2. The second-order valence-electron chi connectivity index (χ2n) is 2.35. The smallest absolute Gasteiger partial charge is 0.255 e. The van der Waals surface area contributed by atoms with E-state index in [9.17, 15) is 4.39 Å². The molecule has 1 heterocycles. The van der Waals surface area contributed by atoms with Gasteiger partial charge in [-0.1, -0.05) is 12.7 Å². The van der Waals surface area contributed by atoms with Crippen molar-refractivity contribution in [3.05, 3.63) is 36.9 Å². The SMILES string of the molecule is C=CC(C)Oc1cccnc1F. The van der Waals surface area contributed by atoms with Crippen LogP contribution in [0.5, 0.6) is 5.75 Å². The molecule has 0 bridgehead atoms. The highest BCUT2D eigenvalue weighted by Crippen LogP contribution is 2.14. The Hall–Kier alpha value is -1.38. The predicted molar refractivity (Wildman–Crippen MR) is 44.5 cm³/mol. The summed E-state index contributed by atoms with van der Waals surface area (Å²) in [5.41, 5.74) is 0. The minimum atomic E-state index is -0.591. The van der Waals surface area contributed by atoms with Crippen LogP contribution >= 0.6 is 0 Å². The van der Waals surface area contributed by atoms with Gasteiger partial charge in [-0.3, -0.25) is 0 Å². The van der Waals surface area contributed by atoms with Gasteiger partial charge in [-0.2, -0.15) is 4.39 Å². The summed E-state index contributed by atoms with van der Waals surface area (Å²) in [6, 6.07) is 3.15. The maximum absolute atomic E-state index is 12.8. The molecule has 64 valence electrons. The zero-order valence-electron chi connectivity index (χ0n) is 6.83. The first-order valence-electron chi connectivity index (χ1n) is 3.63. The Kier molecular flexibility index (Phi) is 2.80. The standard InChI is InChI=1S/C9H10FNO/c1-3-7(2)12-8-5-4-6-11-9(8)10/h3-7H,1H2,2H3. The number of ether oxygens (including phenoxy) is 1. The van der Waals surface area contributed by atoms with Gasteiger partial charge >= 0.3 is 0 Å². The van der Waals surface area contributed by atoms with Gasteiger partial charge in [0.15, 0.2) is 5.75 Å². The van der Waals surface area contributed by atoms with Gasteiger partial charge in [-0.25, -0.2) is 4.98 Å². The number of hydrogen-bond donors (Lipinski definition) is 0. The van der Waals surface area contributed by atoms with E-state index >= 15 is 0 Å². The quantitative estimate of drug-likeness (QED) is 0.508. The van der Waals surface area contributed by atoms with E-state index in [0.717, 1.165) is 0 Å². The van der Waals surface area contributed by atoms with Crippen molar-refractivity contribution in [2.75, 3.05) is 0 Å². The van der Waals surface area contributed by atoms with Crippen LogP contribution in [-0.2, 0) is 0 Å². The van der Waals surface area contributed by atoms with Gasteiger partial charge in [-0.05, 0) is 19.1 Å². The summed E-state index contributed by atoms with van der Waals surface area (Å²) in [5, 5.41) is 0. The molecule has 0 radical (unpaired) electrons. The first-order chi connectivity index (χ1) is 5.74. The number of aromatic nitrogens is 1. The summed E-state index contributed by atoms with van der Waals surface area (Å²) in [5.74, 6) is -0.434. The number of halogens is 1. The van der Waals surface area contributed by atoms with E-state index < -0.39 is 5.95 Å². The summed E-state index contributed by atoms with van der Waals surface area (Å²) in [7, 11) is 0. The first kappa shape index (κ1) is 8.71. The molecule has 0 aliphatic carbocycles. The van der Waals surface area contributed by atoms with Crippen LogP contribution in [0.25, 0.3) is 0 Å². The van der Waals surface area contributed by atoms with Crippen molar-refractivity contribution in [2.45, 2.75) is 13.0 Å². The highest BCUT2D eigenvalue weighted by atomic mass is 19.1. The first-order valence-corrected chi connectivity index (χ1v) is 3.63. The maximum atomic E-state index is 12.8. The van der Waals surface area contributed by atoms with Crippen LogP contribution in [0.4, 0.5) is 4.39 Å². The predicted octanol–water partition coefficient (Wildman–Crippen LogP) is 2.17. The average Bonchev–Trinajstić information content (AvgIpc) is 2.09. The summed E-state index contributed by atoms with van der Waals surface area (Å²) in [4.78, 5) is 3.44. The van der Waals surface area contributed by atoms with E-state index in [1.807, 2.05) is 0 Å². The molecule has 2 nitrogen and oxygen atoms in total. The highest BCUT2D eigenvalue weighted by Gasteiger charge is 2.04. The number of pyridine rings is 1. The average molecular weight is 167 g/mol. The molecule has 3 heteroatoms. The van der Waals surface area contributed by atoms with E-state index in [1.54, 1.807) is 19.1 Å². The highest BCUT2D eigenvalue weighted by molar-refractivity contribution is 5.18. The van der Waals surface area contributed by atoms with Gasteiger partial charge in [0.25, 0.3) is 5.95 Å². The molecule has 1 unspecified atom stereocenters. The van der Waals surface area contributed by atoms with Crippen LogP contribution in [0.2, 0.25) is 0 Å². The Morgan fingerprint density at radius 1 is 1.75 bits per heavy atom. The lowest BCUT2D eigenvalue weighted by molar-refractivity contribution is 0.253. The van der Waals surface area contributed by atoms with Gasteiger partial charge in [0.2, 0.25) is 0 Å². The van der Waals surface area contributed by atoms with Crippen LogP contribution < -0.4 is 4.74 Å². The minimum Gasteiger partial charge on any atom is -0.482 e. The maximum Gasteiger partial charge on any atom is 0.255 e. The Morgan fingerprint density at radius 2 is 2.50 bits per heavy atom. The molecular weight excluding hydrogens is 157 g/mol. The molecule has 0 saturated heterocycles. The molecule has 0 aliphatic heterocycles. The lowest BCUT2D eigenvalue weighted by Crippen LogP contribution is -2.08. The number of rotatable bonds is 3. The van der Waals surface area contributed by atoms with Crippen molar-refractivity contribution >= 4 is 0 Å². The molecule has 1 aromatic heterocycles. The van der Waals surface area contributed by atoms with Gasteiger partial charge in [0.1, 0.15) is 6.10 Å². The van der Waals surface area contributed by atoms with Crippen molar-refractivity contribution in [1.29, 1.82) is 0 Å². The number of hydrogen-bond acceptors (Lipinski definition) is 2. The molecule has 0 spiro atoms. The van der Waals surface area contributed by atoms with Crippen LogP contribution in [0.1, 0.15) is 6.92 Å². The van der Waals surface area contributed by atoms with Crippen molar-refractivity contribution in [2.24, 2.45) is 0 Å². The zero-order chi connectivity index (χ0) is 8.97. The topological polar surface area (TPSA) is 22.1 Å². The van der Waals surface area contributed by atoms with Gasteiger partial charge in [0, 0.05) is 6.20 Å². The van der Waals surface area contributed by atoms with E-state index in [4.69, 9.17) is 4.74 Å². The third-order valence-electron chi connectivity index (χ3n) is 1.37. The molecule has 0 aliphatic rings. The molecule has 1 rings (SSSR count). The Labute approximate surface area is 70.7 Å². The van der Waals surface area contributed by atoms with Crippen molar-refractivity contribution in [1.82, 2.24) is 4.98 Å². The molecule has 0 aromatic carbocycles. The van der Waals surface area contributed by atoms with E-state index in [1.165, 1.54) is 12.3 Å². The van der Waals surface area contributed by atoms with Crippen LogP contribution in [0.15, 0.2) is 31.0 Å². The number of nitrogens with zero attached hydrogens (tertiary/aromatic N) is 1. The summed E-state index contributed by atoms with van der Waals surface area (Å²) in [6.07, 6.45) is 2.76. The minimum absolute atomic E-state index is 0.157. The van der Waals surface area contributed by atoms with E-state index in [2.05, 4.69) is 11.6 Å². The van der Waals surface area contributed by atoms with Crippen LogP contribution in [0.3, 0.4) is 0 Å². The van der Waals surface area contributed by atoms with Gasteiger partial charge in [0.05, 0.1) is 0 Å². The molecule has 0 fully saturated rings. The fraction of sp³-hybridized carbons (Fsp3) is 0.222. The third kappa shape index (κ3) is 2.05. The van der Waals surface area contributed by atoms with Gasteiger partial charge in [-0.15, -0.1) is 0 Å². The van der Waals surface area contributed by atoms with E-state index in [0.29, 0.717) is 0 Å². The zero-order valence-corrected chi connectivity index (χ0v) is 6.83. The molecule has 1 atom stereocenters.